The van der Waals surface area contributed by atoms with Gasteiger partial charge in [-0.25, -0.2) is 0 Å². The van der Waals surface area contributed by atoms with Gasteiger partial charge in [0.2, 0.25) is 0 Å². The van der Waals surface area contributed by atoms with Crippen LogP contribution in [-0.2, 0) is 28.6 Å². The Balaban J connectivity index is 4.08. The first-order valence-electron chi connectivity index (χ1n) is 33.2. The van der Waals surface area contributed by atoms with E-state index in [1.54, 1.807) is 0 Å². The lowest BCUT2D eigenvalue weighted by atomic mass is 10.0. The predicted molar refractivity (Wildman–Crippen MR) is 339 cm³/mol. The van der Waals surface area contributed by atoms with Gasteiger partial charge in [0.25, 0.3) is 0 Å². The van der Waals surface area contributed by atoms with E-state index in [4.69, 9.17) is 14.2 Å². The van der Waals surface area contributed by atoms with Crippen molar-refractivity contribution in [1.82, 2.24) is 0 Å². The van der Waals surface area contributed by atoms with Crippen LogP contribution in [0.15, 0.2) is 97.2 Å². The highest BCUT2D eigenvalue weighted by Gasteiger charge is 2.19. The fraction of sp³-hybridized carbons (Fsp3) is 0.736. The van der Waals surface area contributed by atoms with Crippen LogP contribution in [0.5, 0.6) is 0 Å². The van der Waals surface area contributed by atoms with Crippen molar-refractivity contribution in [3.05, 3.63) is 97.2 Å². The molecule has 0 fully saturated rings. The summed E-state index contributed by atoms with van der Waals surface area (Å²) >= 11 is 0. The number of unbranched alkanes of at least 4 members (excludes halogenated alkanes) is 33. The van der Waals surface area contributed by atoms with E-state index in [-0.39, 0.29) is 31.1 Å². The van der Waals surface area contributed by atoms with Gasteiger partial charge in [0.15, 0.2) is 6.10 Å². The van der Waals surface area contributed by atoms with Crippen molar-refractivity contribution in [2.24, 2.45) is 0 Å². The molecule has 0 aromatic carbocycles. The second-order valence-electron chi connectivity index (χ2n) is 22.0. The lowest BCUT2D eigenvalue weighted by Crippen LogP contribution is -2.30. The maximum Gasteiger partial charge on any atom is 0.306 e. The van der Waals surface area contributed by atoms with E-state index in [9.17, 15) is 14.4 Å². The number of hydrogen-bond donors (Lipinski definition) is 0. The normalized spacial score (nSPS) is 12.7. The smallest absolute Gasteiger partial charge is 0.306 e. The molecular formula is C72H124O6. The first-order chi connectivity index (χ1) is 38.5. The first kappa shape index (κ1) is 74.3. The van der Waals surface area contributed by atoms with Gasteiger partial charge in [0.05, 0.1) is 0 Å². The number of ether oxygens (including phenoxy) is 3. The van der Waals surface area contributed by atoms with E-state index in [1.807, 2.05) is 0 Å². The Morgan fingerprint density at radius 2 is 0.500 bits per heavy atom. The summed E-state index contributed by atoms with van der Waals surface area (Å²) in [4.78, 5) is 38.1. The van der Waals surface area contributed by atoms with E-state index in [2.05, 4.69) is 118 Å². The van der Waals surface area contributed by atoms with Gasteiger partial charge < -0.3 is 14.2 Å². The van der Waals surface area contributed by atoms with Crippen LogP contribution in [0, 0.1) is 0 Å². The van der Waals surface area contributed by atoms with Gasteiger partial charge in [-0.05, 0) is 103 Å². The lowest BCUT2D eigenvalue weighted by Gasteiger charge is -2.18. The second-order valence-corrected chi connectivity index (χ2v) is 22.0. The van der Waals surface area contributed by atoms with Gasteiger partial charge in [-0.3, -0.25) is 14.4 Å². The molecule has 0 aliphatic heterocycles. The zero-order valence-corrected chi connectivity index (χ0v) is 51.4. The molecule has 0 saturated heterocycles. The maximum absolute atomic E-state index is 12.9. The van der Waals surface area contributed by atoms with Gasteiger partial charge >= 0.3 is 17.9 Å². The monoisotopic (exact) mass is 1080 g/mol. The fourth-order valence-corrected chi connectivity index (χ4v) is 9.36. The van der Waals surface area contributed by atoms with Crippen LogP contribution in [0.3, 0.4) is 0 Å². The van der Waals surface area contributed by atoms with E-state index < -0.39 is 6.10 Å². The Bertz CT molecular complexity index is 1530. The number of carbonyl (C=O) groups is 3. The van der Waals surface area contributed by atoms with Crippen LogP contribution < -0.4 is 0 Å². The highest BCUT2D eigenvalue weighted by Crippen LogP contribution is 2.16. The Morgan fingerprint density at radius 3 is 0.795 bits per heavy atom. The largest absolute Gasteiger partial charge is 0.462 e. The molecule has 0 N–H and O–H groups in total. The topological polar surface area (TPSA) is 78.9 Å². The molecule has 0 aliphatic carbocycles. The number of esters is 3. The molecule has 0 saturated carbocycles. The lowest BCUT2D eigenvalue weighted by molar-refractivity contribution is -0.167. The summed E-state index contributed by atoms with van der Waals surface area (Å²) in [6.45, 7) is 6.51. The number of allylic oxidation sites excluding steroid dienone is 16. The third kappa shape index (κ3) is 63.2. The molecule has 448 valence electrons. The molecule has 1 atom stereocenters. The summed E-state index contributed by atoms with van der Waals surface area (Å²) in [5.41, 5.74) is 0. The highest BCUT2D eigenvalue weighted by atomic mass is 16.6. The Hall–Kier alpha value is -3.67. The molecule has 78 heavy (non-hydrogen) atoms. The van der Waals surface area contributed by atoms with Gasteiger partial charge in [-0.1, -0.05) is 298 Å². The minimum Gasteiger partial charge on any atom is -0.462 e. The fourth-order valence-electron chi connectivity index (χ4n) is 9.36. The summed E-state index contributed by atoms with van der Waals surface area (Å²) in [6.07, 6.45) is 88.7. The van der Waals surface area contributed by atoms with E-state index in [0.717, 1.165) is 103 Å². The molecule has 6 heteroatoms. The zero-order valence-electron chi connectivity index (χ0n) is 51.4. The van der Waals surface area contributed by atoms with Crippen molar-refractivity contribution in [2.75, 3.05) is 13.2 Å². The summed E-state index contributed by atoms with van der Waals surface area (Å²) < 4.78 is 16.9. The summed E-state index contributed by atoms with van der Waals surface area (Å²) in [5.74, 6) is -0.874. The Labute approximate surface area is 483 Å². The minimum atomic E-state index is -0.776. The molecule has 0 aliphatic rings. The average molecular weight is 1090 g/mol. The molecule has 0 bridgehead atoms. The van der Waals surface area contributed by atoms with Crippen LogP contribution in [-0.4, -0.2) is 37.2 Å². The Kier molecular flexibility index (Phi) is 62.7. The summed E-state index contributed by atoms with van der Waals surface area (Å²) in [5, 5.41) is 0. The van der Waals surface area contributed by atoms with Gasteiger partial charge in [-0.2, -0.15) is 0 Å². The number of hydrogen-bond acceptors (Lipinski definition) is 6. The molecular weight excluding hydrogens is 961 g/mol. The molecule has 0 heterocycles. The summed E-state index contributed by atoms with van der Waals surface area (Å²) in [7, 11) is 0. The van der Waals surface area contributed by atoms with Crippen molar-refractivity contribution >= 4 is 17.9 Å². The average Bonchev–Trinajstić information content (AvgIpc) is 3.44. The first-order valence-corrected chi connectivity index (χ1v) is 33.2. The third-order valence-electron chi connectivity index (χ3n) is 14.3. The molecule has 0 rings (SSSR count). The van der Waals surface area contributed by atoms with E-state index in [0.29, 0.717) is 19.3 Å². The molecule has 6 nitrogen and oxygen atoms in total. The minimum absolute atomic E-state index is 0.0752. The maximum atomic E-state index is 12.9. The van der Waals surface area contributed by atoms with Crippen LogP contribution in [0.2, 0.25) is 0 Å². The van der Waals surface area contributed by atoms with Crippen molar-refractivity contribution in [3.8, 4) is 0 Å². The quantitative estimate of drug-likeness (QED) is 0.0261. The molecule has 0 radical (unpaired) electrons. The van der Waals surface area contributed by atoms with E-state index >= 15 is 0 Å². The Morgan fingerprint density at radius 1 is 0.269 bits per heavy atom. The van der Waals surface area contributed by atoms with Crippen molar-refractivity contribution in [1.29, 1.82) is 0 Å². The van der Waals surface area contributed by atoms with Gasteiger partial charge in [0.1, 0.15) is 13.2 Å². The standard InChI is InChI=1S/C72H124O6/c1-4-7-10-13-16-19-21-23-25-27-28-29-30-31-32-33-34-35-36-37-38-39-40-41-42-43-44-46-47-49-51-53-56-59-62-65-71(74)77-68-69(67-76-70(73)64-61-58-55-18-15-12-9-6-3)78-72(75)66-63-60-57-54-52-50-48-45-26-24-22-20-17-14-11-8-5-2/h7,10,16,19,23-26,28-29,31-32,34-35,37-38,69H,4-6,8-9,11-15,17-18,20-22,27,30,33,36,39-68H2,1-3H3/b10-7-,19-16-,25-23-,26-24-,29-28-,32-31-,35-34-,38-37-. The van der Waals surface area contributed by atoms with Crippen molar-refractivity contribution in [2.45, 2.75) is 329 Å². The van der Waals surface area contributed by atoms with Crippen LogP contribution >= 0.6 is 0 Å². The summed E-state index contributed by atoms with van der Waals surface area (Å²) in [6, 6.07) is 0. The zero-order chi connectivity index (χ0) is 56.4. The van der Waals surface area contributed by atoms with Crippen molar-refractivity contribution in [3.63, 3.8) is 0 Å². The molecule has 0 aromatic heterocycles. The highest BCUT2D eigenvalue weighted by molar-refractivity contribution is 5.71. The van der Waals surface area contributed by atoms with Crippen molar-refractivity contribution < 1.29 is 28.6 Å². The second kappa shape index (κ2) is 65.8. The SMILES string of the molecule is CC/C=C\C/C=C\C/C=C\C/C=C\C/C=C\C/C=C\C/C=C\CCCCCCCCCCCCCCCC(=O)OCC(COC(=O)CCCCCCCCCC)OC(=O)CCCCCCCCC/C=C\CCCCCCCC. The van der Waals surface area contributed by atoms with E-state index in [1.165, 1.54) is 180 Å². The third-order valence-corrected chi connectivity index (χ3v) is 14.3. The molecule has 1 unspecified atom stereocenters. The molecule has 0 aromatic rings. The molecule has 0 amide bonds. The van der Waals surface area contributed by atoms with Crippen LogP contribution in [0.1, 0.15) is 323 Å². The van der Waals surface area contributed by atoms with Gasteiger partial charge in [-0.15, -0.1) is 0 Å². The van der Waals surface area contributed by atoms with Gasteiger partial charge in [0, 0.05) is 19.3 Å². The molecule has 0 spiro atoms. The van der Waals surface area contributed by atoms with Crippen LogP contribution in [0.25, 0.3) is 0 Å². The number of carbonyl (C=O) groups excluding carboxylic acids is 3. The van der Waals surface area contributed by atoms with Crippen LogP contribution in [0.4, 0.5) is 0 Å². The number of rotatable bonds is 60. The predicted octanol–water partition coefficient (Wildman–Crippen LogP) is 22.8.